The number of alkyl halides is 3. The summed E-state index contributed by atoms with van der Waals surface area (Å²) in [6.45, 7) is 5.22. The fraction of sp³-hybridized carbons (Fsp3) is 0.636. The second-order valence-electron chi connectivity index (χ2n) is 4.29. The van der Waals surface area contributed by atoms with E-state index in [0.29, 0.717) is 17.2 Å². The topological polar surface area (TPSA) is 37.8 Å². The maximum atomic E-state index is 12.0. The SMILES string of the molecule is Cc1c(Cl)nc(C(C)C)nc1NCCC(F)(F)F. The lowest BCUT2D eigenvalue weighted by atomic mass is 10.2. The van der Waals surface area contributed by atoms with E-state index < -0.39 is 12.6 Å². The molecule has 0 saturated carbocycles. The number of nitrogens with zero attached hydrogens (tertiary/aromatic N) is 2. The molecule has 1 rings (SSSR count). The molecule has 3 nitrogen and oxygen atoms in total. The summed E-state index contributed by atoms with van der Waals surface area (Å²) in [6, 6.07) is 0. The van der Waals surface area contributed by atoms with Gasteiger partial charge >= 0.3 is 6.18 Å². The summed E-state index contributed by atoms with van der Waals surface area (Å²) < 4.78 is 36.1. The van der Waals surface area contributed by atoms with E-state index in [1.165, 1.54) is 0 Å². The summed E-state index contributed by atoms with van der Waals surface area (Å²) in [7, 11) is 0. The van der Waals surface area contributed by atoms with Gasteiger partial charge in [0.05, 0.1) is 6.42 Å². The highest BCUT2D eigenvalue weighted by atomic mass is 35.5. The second-order valence-corrected chi connectivity index (χ2v) is 4.65. The zero-order chi connectivity index (χ0) is 13.9. The Balaban J connectivity index is 2.81. The normalized spacial score (nSPS) is 12.0. The van der Waals surface area contributed by atoms with E-state index in [1.807, 2.05) is 13.8 Å². The van der Waals surface area contributed by atoms with Crippen LogP contribution in [-0.4, -0.2) is 22.7 Å². The number of aromatic nitrogens is 2. The largest absolute Gasteiger partial charge is 0.390 e. The Morgan fingerprint density at radius 2 is 1.89 bits per heavy atom. The molecular weight excluding hydrogens is 267 g/mol. The Morgan fingerprint density at radius 1 is 1.28 bits per heavy atom. The third-order valence-electron chi connectivity index (χ3n) is 2.32. The van der Waals surface area contributed by atoms with Gasteiger partial charge in [-0.2, -0.15) is 13.2 Å². The molecule has 0 spiro atoms. The first-order valence-electron chi connectivity index (χ1n) is 5.55. The highest BCUT2D eigenvalue weighted by Crippen LogP contribution is 2.24. The molecule has 0 saturated heterocycles. The first-order valence-corrected chi connectivity index (χ1v) is 5.93. The zero-order valence-corrected chi connectivity index (χ0v) is 11.2. The number of halogens is 4. The summed E-state index contributed by atoms with van der Waals surface area (Å²) in [5, 5.41) is 2.92. The molecule has 0 aliphatic carbocycles. The minimum atomic E-state index is -4.18. The van der Waals surface area contributed by atoms with Crippen molar-refractivity contribution in [1.82, 2.24) is 9.97 Å². The molecular formula is C11H15ClF3N3. The van der Waals surface area contributed by atoms with Crippen molar-refractivity contribution in [2.24, 2.45) is 0 Å². The van der Waals surface area contributed by atoms with Gasteiger partial charge in [0.15, 0.2) is 0 Å². The molecule has 0 aliphatic heterocycles. The Labute approximate surface area is 109 Å². The van der Waals surface area contributed by atoms with Crippen LogP contribution >= 0.6 is 11.6 Å². The maximum Gasteiger partial charge on any atom is 0.390 e. The van der Waals surface area contributed by atoms with Crippen molar-refractivity contribution in [1.29, 1.82) is 0 Å². The van der Waals surface area contributed by atoms with Crippen LogP contribution < -0.4 is 5.32 Å². The summed E-state index contributed by atoms with van der Waals surface area (Å²) in [4.78, 5) is 8.26. The highest BCUT2D eigenvalue weighted by Gasteiger charge is 2.26. The molecule has 0 aromatic carbocycles. The lowest BCUT2D eigenvalue weighted by molar-refractivity contribution is -0.131. The molecule has 7 heteroatoms. The van der Waals surface area contributed by atoms with Crippen LogP contribution in [0.3, 0.4) is 0 Å². The minimum Gasteiger partial charge on any atom is -0.369 e. The van der Waals surface area contributed by atoms with Crippen molar-refractivity contribution in [3.63, 3.8) is 0 Å². The standard InChI is InChI=1S/C11H15ClF3N3/c1-6(2)9-17-8(12)7(3)10(18-9)16-5-4-11(13,14)15/h6H,4-5H2,1-3H3,(H,16,17,18). The summed E-state index contributed by atoms with van der Waals surface area (Å²) >= 11 is 5.92. The molecule has 0 amide bonds. The molecule has 1 aromatic heterocycles. The monoisotopic (exact) mass is 281 g/mol. The van der Waals surface area contributed by atoms with Gasteiger partial charge in [-0.25, -0.2) is 9.97 Å². The number of hydrogen-bond donors (Lipinski definition) is 1. The molecule has 0 aliphatic rings. The lowest BCUT2D eigenvalue weighted by Crippen LogP contribution is -2.16. The molecule has 1 aromatic rings. The predicted molar refractivity (Wildman–Crippen MR) is 65.0 cm³/mol. The molecule has 0 fully saturated rings. The van der Waals surface area contributed by atoms with Gasteiger partial charge in [-0.05, 0) is 6.92 Å². The van der Waals surface area contributed by atoms with Gasteiger partial charge in [-0.15, -0.1) is 0 Å². The minimum absolute atomic E-state index is 0.0614. The van der Waals surface area contributed by atoms with Crippen LogP contribution in [0.5, 0.6) is 0 Å². The van der Waals surface area contributed by atoms with Crippen LogP contribution in [0.15, 0.2) is 0 Å². The van der Waals surface area contributed by atoms with Crippen LogP contribution in [0.1, 0.15) is 37.6 Å². The van der Waals surface area contributed by atoms with E-state index in [0.717, 1.165) is 0 Å². The smallest absolute Gasteiger partial charge is 0.369 e. The average Bonchev–Trinajstić information content (AvgIpc) is 2.21. The molecule has 0 radical (unpaired) electrons. The second kappa shape index (κ2) is 5.73. The third kappa shape index (κ3) is 4.33. The number of anilines is 1. The Morgan fingerprint density at radius 3 is 2.39 bits per heavy atom. The van der Waals surface area contributed by atoms with Gasteiger partial charge in [0.25, 0.3) is 0 Å². The quantitative estimate of drug-likeness (QED) is 0.850. The summed E-state index contributed by atoms with van der Waals surface area (Å²) in [6.07, 6.45) is -5.09. The van der Waals surface area contributed by atoms with Crippen molar-refractivity contribution in [3.8, 4) is 0 Å². The Bertz CT molecular complexity index is 419. The number of rotatable bonds is 4. The zero-order valence-electron chi connectivity index (χ0n) is 10.4. The van der Waals surface area contributed by atoms with Crippen LogP contribution in [0, 0.1) is 6.92 Å². The van der Waals surface area contributed by atoms with E-state index in [-0.39, 0.29) is 17.6 Å². The van der Waals surface area contributed by atoms with E-state index in [4.69, 9.17) is 11.6 Å². The van der Waals surface area contributed by atoms with Crippen LogP contribution in [0.4, 0.5) is 19.0 Å². The first-order chi connectivity index (χ1) is 8.20. The molecule has 1 heterocycles. The first kappa shape index (κ1) is 15.0. The molecule has 102 valence electrons. The van der Waals surface area contributed by atoms with Crippen LogP contribution in [-0.2, 0) is 0 Å². The number of nitrogens with one attached hydrogen (secondary N) is 1. The highest BCUT2D eigenvalue weighted by molar-refractivity contribution is 6.30. The van der Waals surface area contributed by atoms with E-state index in [2.05, 4.69) is 15.3 Å². The fourth-order valence-electron chi connectivity index (χ4n) is 1.26. The third-order valence-corrected chi connectivity index (χ3v) is 2.69. The van der Waals surface area contributed by atoms with E-state index in [1.54, 1.807) is 6.92 Å². The van der Waals surface area contributed by atoms with Crippen molar-refractivity contribution in [2.45, 2.75) is 39.3 Å². The molecule has 0 unspecified atom stereocenters. The van der Waals surface area contributed by atoms with Gasteiger partial charge in [-0.1, -0.05) is 25.4 Å². The predicted octanol–water partition coefficient (Wildman–Crippen LogP) is 3.93. The van der Waals surface area contributed by atoms with Gasteiger partial charge < -0.3 is 5.32 Å². The number of hydrogen-bond acceptors (Lipinski definition) is 3. The molecule has 1 N–H and O–H groups in total. The van der Waals surface area contributed by atoms with E-state index >= 15 is 0 Å². The maximum absolute atomic E-state index is 12.0. The van der Waals surface area contributed by atoms with Gasteiger partial charge in [0.1, 0.15) is 16.8 Å². The van der Waals surface area contributed by atoms with Crippen LogP contribution in [0.2, 0.25) is 5.15 Å². The van der Waals surface area contributed by atoms with Crippen molar-refractivity contribution in [3.05, 3.63) is 16.5 Å². The summed E-state index contributed by atoms with van der Waals surface area (Å²) in [5.74, 6) is 0.939. The molecule has 0 atom stereocenters. The van der Waals surface area contributed by atoms with Gasteiger partial charge in [0, 0.05) is 18.0 Å². The summed E-state index contributed by atoms with van der Waals surface area (Å²) in [5.41, 5.74) is 0.559. The Kier molecular flexibility index (Phi) is 4.78. The average molecular weight is 282 g/mol. The van der Waals surface area contributed by atoms with Gasteiger partial charge in [-0.3, -0.25) is 0 Å². The van der Waals surface area contributed by atoms with Crippen LogP contribution in [0.25, 0.3) is 0 Å². The van der Waals surface area contributed by atoms with Crippen molar-refractivity contribution >= 4 is 17.4 Å². The van der Waals surface area contributed by atoms with E-state index in [9.17, 15) is 13.2 Å². The lowest BCUT2D eigenvalue weighted by Gasteiger charge is -2.13. The molecule has 18 heavy (non-hydrogen) atoms. The van der Waals surface area contributed by atoms with Crippen molar-refractivity contribution in [2.75, 3.05) is 11.9 Å². The Hall–Kier alpha value is -1.04. The van der Waals surface area contributed by atoms with Gasteiger partial charge in [0.2, 0.25) is 0 Å². The fourth-order valence-corrected chi connectivity index (χ4v) is 1.43. The van der Waals surface area contributed by atoms with Crippen molar-refractivity contribution < 1.29 is 13.2 Å². The molecule has 0 bridgehead atoms.